The van der Waals surface area contributed by atoms with Gasteiger partial charge in [-0.3, -0.25) is 4.79 Å². The molecular formula is C17H23ClN2O7S2. The van der Waals surface area contributed by atoms with E-state index in [2.05, 4.69) is 0 Å². The molecule has 0 unspecified atom stereocenters. The van der Waals surface area contributed by atoms with Gasteiger partial charge in [0, 0.05) is 26.7 Å². The van der Waals surface area contributed by atoms with Gasteiger partial charge in [-0.25, -0.2) is 25.9 Å². The molecule has 1 aromatic rings. The Balaban J connectivity index is 2.11. The fourth-order valence-corrected chi connectivity index (χ4v) is 5.83. The van der Waals surface area contributed by atoms with E-state index in [1.807, 2.05) is 0 Å². The van der Waals surface area contributed by atoms with Crippen molar-refractivity contribution in [3.05, 3.63) is 28.8 Å². The quantitative estimate of drug-likeness (QED) is 0.545. The van der Waals surface area contributed by atoms with Crippen molar-refractivity contribution in [3.63, 3.8) is 0 Å². The highest BCUT2D eigenvalue weighted by Gasteiger charge is 2.34. The average molecular weight is 467 g/mol. The molecule has 1 fully saturated rings. The maximum Gasteiger partial charge on any atom is 0.340 e. The Kier molecular flexibility index (Phi) is 7.31. The van der Waals surface area contributed by atoms with E-state index < -0.39 is 44.4 Å². The van der Waals surface area contributed by atoms with Crippen LogP contribution in [0.15, 0.2) is 23.1 Å². The monoisotopic (exact) mass is 466 g/mol. The molecular weight excluding hydrogens is 444 g/mol. The first-order valence-electron chi connectivity index (χ1n) is 8.78. The van der Waals surface area contributed by atoms with Gasteiger partial charge in [0.25, 0.3) is 5.91 Å². The Labute approximate surface area is 175 Å². The van der Waals surface area contributed by atoms with Crippen molar-refractivity contribution < 1.29 is 31.2 Å². The van der Waals surface area contributed by atoms with E-state index in [0.717, 1.165) is 10.4 Å². The van der Waals surface area contributed by atoms with Crippen LogP contribution < -0.4 is 0 Å². The van der Waals surface area contributed by atoms with Crippen molar-refractivity contribution in [1.82, 2.24) is 9.21 Å². The van der Waals surface area contributed by atoms with Gasteiger partial charge < -0.3 is 9.64 Å². The van der Waals surface area contributed by atoms with Gasteiger partial charge in [0.1, 0.15) is 0 Å². The number of ether oxygens (including phenoxy) is 1. The summed E-state index contributed by atoms with van der Waals surface area (Å²) in [6.45, 7) is 1.37. The molecule has 0 radical (unpaired) electrons. The second-order valence-corrected chi connectivity index (χ2v) is 11.5. The third-order valence-corrected chi connectivity index (χ3v) is 8.46. The molecule has 162 valence electrons. The third-order valence-electron chi connectivity index (χ3n) is 4.57. The van der Waals surface area contributed by atoms with Gasteiger partial charge in [-0.05, 0) is 31.5 Å². The lowest BCUT2D eigenvalue weighted by molar-refractivity contribution is -0.136. The zero-order chi connectivity index (χ0) is 22.0. The highest BCUT2D eigenvalue weighted by Crippen LogP contribution is 2.23. The molecule has 0 bridgehead atoms. The molecule has 0 N–H and O–H groups in total. The summed E-state index contributed by atoms with van der Waals surface area (Å²) in [5.41, 5.74) is -0.186. The van der Waals surface area contributed by atoms with Gasteiger partial charge in [-0.15, -0.1) is 0 Å². The smallest absolute Gasteiger partial charge is 0.340 e. The summed E-state index contributed by atoms with van der Waals surface area (Å²) in [5.74, 6) is -1.58. The number of carbonyl (C=O) groups is 2. The van der Waals surface area contributed by atoms with Gasteiger partial charge in [0.2, 0.25) is 10.0 Å². The first-order valence-corrected chi connectivity index (χ1v) is 12.4. The van der Waals surface area contributed by atoms with Gasteiger partial charge >= 0.3 is 5.97 Å². The fraction of sp³-hybridized carbons (Fsp3) is 0.529. The second kappa shape index (κ2) is 8.99. The number of sulfone groups is 1. The molecule has 1 heterocycles. The lowest BCUT2D eigenvalue weighted by atomic mass is 10.2. The number of hydrogen-bond donors (Lipinski definition) is 0. The Morgan fingerprint density at radius 1 is 1.28 bits per heavy atom. The standard InChI is InChI=1S/C17H23ClN2O7S2/c1-4-20(12-7-8-28(23,24)11-12)16(21)10-27-17(22)14-9-13(5-6-15(14)18)29(25,26)19(2)3/h5-6,9,12H,4,7-8,10-11H2,1-3H3/t12-/m1/s1. The summed E-state index contributed by atoms with van der Waals surface area (Å²) in [4.78, 5) is 26.0. The number of rotatable bonds is 7. The van der Waals surface area contributed by atoms with E-state index >= 15 is 0 Å². The van der Waals surface area contributed by atoms with Gasteiger partial charge in [0.05, 0.1) is 27.0 Å². The average Bonchev–Trinajstić information content (AvgIpc) is 2.99. The maximum absolute atomic E-state index is 12.4. The van der Waals surface area contributed by atoms with Crippen LogP contribution in [0.3, 0.4) is 0 Å². The second-order valence-electron chi connectivity index (χ2n) is 6.74. The first kappa shape index (κ1) is 23.6. The van der Waals surface area contributed by atoms with Gasteiger partial charge in [-0.1, -0.05) is 11.6 Å². The largest absolute Gasteiger partial charge is 0.452 e. The molecule has 0 aliphatic carbocycles. The number of benzene rings is 1. The molecule has 2 rings (SSSR count). The Bertz CT molecular complexity index is 1010. The number of likely N-dealkylation sites (N-methyl/N-ethyl adjacent to an activating group) is 1. The number of carbonyl (C=O) groups excluding carboxylic acids is 2. The molecule has 0 saturated carbocycles. The molecule has 0 aromatic heterocycles. The van der Waals surface area contributed by atoms with E-state index in [1.165, 1.54) is 31.1 Å². The summed E-state index contributed by atoms with van der Waals surface area (Å²) >= 11 is 5.99. The Morgan fingerprint density at radius 2 is 1.93 bits per heavy atom. The van der Waals surface area contributed by atoms with Crippen LogP contribution >= 0.6 is 11.6 Å². The maximum atomic E-state index is 12.4. The van der Waals surface area contributed by atoms with Crippen LogP contribution in [-0.4, -0.2) is 82.7 Å². The Hall–Kier alpha value is -1.69. The fourth-order valence-electron chi connectivity index (χ4n) is 2.98. The molecule has 1 saturated heterocycles. The molecule has 1 aliphatic heterocycles. The van der Waals surface area contributed by atoms with E-state index in [0.29, 0.717) is 6.42 Å². The van der Waals surface area contributed by atoms with Crippen LogP contribution in [0.25, 0.3) is 0 Å². The summed E-state index contributed by atoms with van der Waals surface area (Å²) in [5, 5.41) is -0.0191. The predicted octanol–water partition coefficient (Wildman–Crippen LogP) is 0.783. The Morgan fingerprint density at radius 3 is 2.45 bits per heavy atom. The van der Waals surface area contributed by atoms with Gasteiger partial charge in [0.15, 0.2) is 16.4 Å². The molecule has 1 aromatic carbocycles. The van der Waals surface area contributed by atoms with Crippen molar-refractivity contribution >= 4 is 43.3 Å². The van der Waals surface area contributed by atoms with Crippen LogP contribution in [0.2, 0.25) is 5.02 Å². The molecule has 1 amide bonds. The van der Waals surface area contributed by atoms with Crippen molar-refractivity contribution in [1.29, 1.82) is 0 Å². The topological polar surface area (TPSA) is 118 Å². The van der Waals surface area contributed by atoms with E-state index in [9.17, 15) is 26.4 Å². The SMILES string of the molecule is CCN(C(=O)COC(=O)c1cc(S(=O)(=O)N(C)C)ccc1Cl)[C@@H]1CCS(=O)(=O)C1. The number of sulfonamides is 1. The van der Waals surface area contributed by atoms with Crippen LogP contribution in [0.4, 0.5) is 0 Å². The van der Waals surface area contributed by atoms with Crippen LogP contribution in [0.5, 0.6) is 0 Å². The summed E-state index contributed by atoms with van der Waals surface area (Å²) < 4.78 is 53.8. The molecule has 1 aliphatic rings. The third kappa shape index (κ3) is 5.47. The normalized spacial score (nSPS) is 18.6. The van der Waals surface area contributed by atoms with Crippen LogP contribution in [-0.2, 0) is 29.4 Å². The number of nitrogens with zero attached hydrogens (tertiary/aromatic N) is 2. The number of hydrogen-bond acceptors (Lipinski definition) is 7. The highest BCUT2D eigenvalue weighted by molar-refractivity contribution is 7.91. The summed E-state index contributed by atoms with van der Waals surface area (Å²) in [6, 6.07) is 3.16. The minimum Gasteiger partial charge on any atom is -0.452 e. The molecule has 1 atom stereocenters. The zero-order valence-electron chi connectivity index (χ0n) is 16.3. The lowest BCUT2D eigenvalue weighted by Crippen LogP contribution is -2.43. The number of esters is 1. The lowest BCUT2D eigenvalue weighted by Gasteiger charge is -2.26. The number of halogens is 1. The molecule has 12 heteroatoms. The van der Waals surface area contributed by atoms with Crippen molar-refractivity contribution in [2.75, 3.05) is 38.8 Å². The highest BCUT2D eigenvalue weighted by atomic mass is 35.5. The zero-order valence-corrected chi connectivity index (χ0v) is 18.7. The minimum absolute atomic E-state index is 0.0178. The molecule has 9 nitrogen and oxygen atoms in total. The van der Waals surface area contributed by atoms with Crippen LogP contribution in [0, 0.1) is 0 Å². The van der Waals surface area contributed by atoms with E-state index in [-0.39, 0.29) is 33.5 Å². The molecule has 29 heavy (non-hydrogen) atoms. The van der Waals surface area contributed by atoms with Crippen LogP contribution in [0.1, 0.15) is 23.7 Å². The molecule has 0 spiro atoms. The predicted molar refractivity (Wildman–Crippen MR) is 107 cm³/mol. The summed E-state index contributed by atoms with van der Waals surface area (Å²) in [7, 11) is -4.25. The number of amides is 1. The van der Waals surface area contributed by atoms with Crippen molar-refractivity contribution in [3.8, 4) is 0 Å². The van der Waals surface area contributed by atoms with E-state index in [1.54, 1.807) is 6.92 Å². The van der Waals surface area contributed by atoms with Gasteiger partial charge in [-0.2, -0.15) is 0 Å². The van der Waals surface area contributed by atoms with Crippen molar-refractivity contribution in [2.24, 2.45) is 0 Å². The minimum atomic E-state index is -3.79. The van der Waals surface area contributed by atoms with E-state index in [4.69, 9.17) is 16.3 Å². The summed E-state index contributed by atoms with van der Waals surface area (Å²) in [6.07, 6.45) is 0.339. The first-order chi connectivity index (χ1) is 13.4. The van der Waals surface area contributed by atoms with Crippen molar-refractivity contribution in [2.45, 2.75) is 24.3 Å².